The van der Waals surface area contributed by atoms with Crippen LogP contribution in [-0.4, -0.2) is 227 Å². The summed E-state index contributed by atoms with van der Waals surface area (Å²) in [6, 6.07) is 4.54. The van der Waals surface area contributed by atoms with Crippen LogP contribution in [0.4, 0.5) is 18.0 Å². The Morgan fingerprint density at radius 2 is 0.839 bits per heavy atom. The number of hydrogen-bond donors (Lipinski definition) is 7. The Morgan fingerprint density at radius 3 is 1.18 bits per heavy atom. The molecule has 0 unspecified atom stereocenters. The molecule has 0 spiro atoms. The van der Waals surface area contributed by atoms with E-state index in [-0.39, 0.29) is 26.1 Å². The van der Waals surface area contributed by atoms with Gasteiger partial charge in [0.1, 0.15) is 79.9 Å². The second-order valence-electron chi connectivity index (χ2n) is 23.9. The molecule has 8 fully saturated rings. The van der Waals surface area contributed by atoms with Crippen LogP contribution in [0.15, 0.2) is 30.3 Å². The Morgan fingerprint density at radius 1 is 0.517 bits per heavy atom. The molecule has 1 aromatic rings. The summed E-state index contributed by atoms with van der Waals surface area (Å²) in [7, 11) is 4.08. The van der Waals surface area contributed by atoms with Gasteiger partial charge in [-0.05, 0) is 61.0 Å². The maximum atomic E-state index is 15.0. The fourth-order valence-electron chi connectivity index (χ4n) is 12.2. The minimum absolute atomic E-state index is 0.0489. The van der Waals surface area contributed by atoms with Crippen LogP contribution < -0.4 is 32.7 Å². The van der Waals surface area contributed by atoms with Gasteiger partial charge in [-0.3, -0.25) is 19.2 Å². The van der Waals surface area contributed by atoms with E-state index < -0.39 is 207 Å². The van der Waals surface area contributed by atoms with Crippen molar-refractivity contribution in [2.45, 2.75) is 239 Å². The van der Waals surface area contributed by atoms with Crippen LogP contribution in [0.5, 0.6) is 0 Å². The largest absolute Gasteiger partial charge is 0.490 e. The average Bonchev–Trinajstić information content (AvgIpc) is 1.67. The number of alkyl carbamates (subject to hydrolysis) is 1. The van der Waals surface area contributed by atoms with Crippen molar-refractivity contribution < 1.29 is 123 Å². The first-order chi connectivity index (χ1) is 40.8. The van der Waals surface area contributed by atoms with Crippen LogP contribution in [0, 0.1) is 0 Å². The molecule has 0 aromatic heterocycles. The first-order valence-corrected chi connectivity index (χ1v) is 28.5. The third-order valence-electron chi connectivity index (χ3n) is 15.6. The summed E-state index contributed by atoms with van der Waals surface area (Å²) in [6.07, 6.45) is -20.9. The van der Waals surface area contributed by atoms with E-state index in [0.29, 0.717) is 0 Å². The SMILES string of the molecule is COC(=O)C[C@@H](NC(=O)C[C@H](NC(=O)C[C@@H](NC(=O)C[C@H](NC(=O)OCc1ccccc1)[C@H]1O[C@H](CN)[C@H]2OC(C)(C)O[C@@H]12)[C@H]1O[C@H](OC)[C@H]2OC(C)(C)O[C@H]21)[C@H]1O[C@H](OC)[C@H]2OC(C)(C)O[C@H]21)[C@H]1O[C@H](CN)[C@H]2OC(C)(C)O[C@@H]12.O=C(O)C(F)(F)F. The van der Waals surface area contributed by atoms with Crippen molar-refractivity contribution in [3.8, 4) is 0 Å². The van der Waals surface area contributed by atoms with Gasteiger partial charge in [0, 0.05) is 46.6 Å². The molecule has 8 saturated heterocycles. The number of carboxylic acid groups (broad SMARTS) is 1. The zero-order valence-electron chi connectivity index (χ0n) is 50.1. The van der Waals surface area contributed by atoms with Gasteiger partial charge in [0.15, 0.2) is 35.7 Å². The number of hydrogen-bond acceptors (Lipinski definition) is 24. The first kappa shape index (κ1) is 67.9. The topological polar surface area (TPSA) is 370 Å². The third-order valence-corrected chi connectivity index (χ3v) is 15.6. The van der Waals surface area contributed by atoms with E-state index in [1.807, 2.05) is 18.2 Å². The lowest BCUT2D eigenvalue weighted by atomic mass is 9.96. The summed E-state index contributed by atoms with van der Waals surface area (Å²) in [6.45, 7) is 13.9. The molecule has 20 atom stereocenters. The monoisotopic (exact) mass is 1250 g/mol. The zero-order valence-corrected chi connectivity index (χ0v) is 50.1. The van der Waals surface area contributed by atoms with Crippen molar-refractivity contribution >= 4 is 35.8 Å². The molecule has 87 heavy (non-hydrogen) atoms. The number of carboxylic acids is 1. The fraction of sp³-hybridized carbons (Fsp3) is 0.782. The lowest BCUT2D eigenvalue weighted by Gasteiger charge is -2.33. The van der Waals surface area contributed by atoms with Crippen LogP contribution in [-0.2, 0) is 106 Å². The number of carbonyl (C=O) groups excluding carboxylic acids is 5. The van der Waals surface area contributed by atoms with Gasteiger partial charge >= 0.3 is 24.2 Å². The Balaban J connectivity index is 0.00000132. The van der Waals surface area contributed by atoms with Gasteiger partial charge in [0.05, 0.1) is 49.9 Å². The van der Waals surface area contributed by atoms with E-state index in [4.69, 9.17) is 97.2 Å². The molecular formula is C55H81F3N6O23. The molecule has 9 N–H and O–H groups in total. The highest BCUT2D eigenvalue weighted by atomic mass is 19.4. The van der Waals surface area contributed by atoms with Crippen molar-refractivity contribution in [2.24, 2.45) is 11.5 Å². The number of rotatable bonds is 22. The van der Waals surface area contributed by atoms with Gasteiger partial charge in [-0.1, -0.05) is 30.3 Å². The maximum Gasteiger partial charge on any atom is 0.490 e. The number of alkyl halides is 3. The third kappa shape index (κ3) is 16.3. The molecule has 8 heterocycles. The molecule has 29 nitrogen and oxygen atoms in total. The molecule has 0 aliphatic carbocycles. The number of halogens is 3. The van der Waals surface area contributed by atoms with E-state index in [0.717, 1.165) is 5.56 Å². The molecule has 0 saturated carbocycles. The number of benzene rings is 1. The van der Waals surface area contributed by atoms with E-state index in [9.17, 15) is 32.3 Å². The molecule has 8 aliphatic rings. The van der Waals surface area contributed by atoms with Crippen LogP contribution in [0.25, 0.3) is 0 Å². The molecule has 0 bridgehead atoms. The summed E-state index contributed by atoms with van der Waals surface area (Å²) in [4.78, 5) is 80.0. The van der Waals surface area contributed by atoms with Gasteiger partial charge in [0.2, 0.25) is 17.7 Å². The fourth-order valence-corrected chi connectivity index (χ4v) is 12.2. The zero-order chi connectivity index (χ0) is 63.7. The second-order valence-corrected chi connectivity index (χ2v) is 23.9. The van der Waals surface area contributed by atoms with Gasteiger partial charge in [0.25, 0.3) is 0 Å². The number of carbonyl (C=O) groups is 6. The van der Waals surface area contributed by atoms with Crippen molar-refractivity contribution in [3.05, 3.63) is 35.9 Å². The molecule has 1 aromatic carbocycles. The smallest absolute Gasteiger partial charge is 0.475 e. The average molecular weight is 1250 g/mol. The predicted octanol–water partition coefficient (Wildman–Crippen LogP) is 0.378. The van der Waals surface area contributed by atoms with Gasteiger partial charge < -0.3 is 114 Å². The van der Waals surface area contributed by atoms with Crippen LogP contribution in [0.3, 0.4) is 0 Å². The number of aliphatic carboxylic acids is 1. The van der Waals surface area contributed by atoms with Crippen LogP contribution >= 0.6 is 0 Å². The maximum absolute atomic E-state index is 15.0. The van der Waals surface area contributed by atoms with E-state index in [2.05, 4.69) is 21.3 Å². The normalized spacial score (nSPS) is 35.0. The van der Waals surface area contributed by atoms with Gasteiger partial charge in [-0.2, -0.15) is 13.2 Å². The highest BCUT2D eigenvalue weighted by molar-refractivity contribution is 5.83. The summed E-state index contributed by atoms with van der Waals surface area (Å²) in [5.74, 6) is -9.67. The van der Waals surface area contributed by atoms with Crippen molar-refractivity contribution in [3.63, 3.8) is 0 Å². The Labute approximate surface area is 499 Å². The van der Waals surface area contributed by atoms with E-state index in [1.54, 1.807) is 67.5 Å². The molecule has 9 rings (SSSR count). The van der Waals surface area contributed by atoms with Crippen molar-refractivity contribution in [2.75, 3.05) is 34.4 Å². The Hall–Kier alpha value is -5.01. The standard InChI is InChI=1S/C53H80N6O21.C2HF3O2/c1-50(2)73-39-29(21-54)69-35(41(39)75-50)27(59-49(64)68-23-24-15-13-12-14-16-24)19-33(62)57-25(37-43-45(47(66-10)71-37)79-52(5,6)77-43)17-31(60)56-26(38-44-46(48(67-11)72-38)80-53(7,8)78-44)18-32(61)58-28(20-34(63)65-9)36-42-40(30(22-55)70-36)74-51(3,4)76-42;3-2(4,5)1(6)7/h12-16,25-30,35-48H,17-23,54-55H2,1-11H3,(H,56,60)(H,57,62)(H,58,61)(H,59,64);(H,6,7)/t25-,26+,27+,28-,29-,30-,35-,36-,37-,38-,39-,40-,41+,42+,43+,44+,45+,46+,47+,48+;/m1./s1. The quantitative estimate of drug-likeness (QED) is 0.0772. The summed E-state index contributed by atoms with van der Waals surface area (Å²) in [5, 5.41) is 18.9. The second kappa shape index (κ2) is 27.2. The molecule has 0 radical (unpaired) electrons. The number of ether oxygens (including phenoxy) is 16. The molecule has 490 valence electrons. The minimum atomic E-state index is -5.08. The molecule has 8 aliphatic heterocycles. The van der Waals surface area contributed by atoms with Gasteiger partial charge in [-0.25, -0.2) is 9.59 Å². The highest BCUT2D eigenvalue weighted by Gasteiger charge is 2.62. The predicted molar refractivity (Wildman–Crippen MR) is 286 cm³/mol. The first-order valence-electron chi connectivity index (χ1n) is 28.5. The van der Waals surface area contributed by atoms with Gasteiger partial charge in [-0.15, -0.1) is 0 Å². The van der Waals surface area contributed by atoms with E-state index >= 15 is 4.79 Å². The van der Waals surface area contributed by atoms with Crippen LogP contribution in [0.2, 0.25) is 0 Å². The lowest BCUT2D eigenvalue weighted by Crippen LogP contribution is -2.56. The molecule has 32 heteroatoms. The lowest BCUT2D eigenvalue weighted by molar-refractivity contribution is -0.230. The van der Waals surface area contributed by atoms with Crippen molar-refractivity contribution in [1.29, 1.82) is 0 Å². The minimum Gasteiger partial charge on any atom is -0.475 e. The summed E-state index contributed by atoms with van der Waals surface area (Å²) < 4.78 is 129. The summed E-state index contributed by atoms with van der Waals surface area (Å²) in [5.41, 5.74) is 13.0. The van der Waals surface area contributed by atoms with Crippen LogP contribution in [0.1, 0.15) is 86.6 Å². The number of esters is 1. The number of amides is 4. The number of nitrogens with two attached hydrogens (primary N) is 2. The number of methoxy groups -OCH3 is 3. The summed E-state index contributed by atoms with van der Waals surface area (Å²) >= 11 is 0. The molecule has 4 amide bonds. The Bertz CT molecular complexity index is 2590. The van der Waals surface area contributed by atoms with Crippen molar-refractivity contribution in [1.82, 2.24) is 21.3 Å². The number of nitrogens with one attached hydrogen (secondary N) is 4. The number of fused-ring (bicyclic) bond motifs is 4. The van der Waals surface area contributed by atoms with E-state index in [1.165, 1.54) is 21.3 Å². The highest BCUT2D eigenvalue weighted by Crippen LogP contribution is 2.45. The Kier molecular flexibility index (Phi) is 21.2. The molecular weight excluding hydrogens is 1170 g/mol.